The van der Waals surface area contributed by atoms with E-state index in [-0.39, 0.29) is 36.5 Å². The number of hydrogen-bond donors (Lipinski definition) is 4. The third-order valence-corrected chi connectivity index (χ3v) is 5.12. The van der Waals surface area contributed by atoms with Crippen molar-refractivity contribution in [3.63, 3.8) is 0 Å². The van der Waals surface area contributed by atoms with E-state index in [0.29, 0.717) is 57.8 Å². The Hall–Kier alpha value is -1.52. The Balaban J connectivity index is 2.28. The van der Waals surface area contributed by atoms with Gasteiger partial charge < -0.3 is 35.1 Å². The van der Waals surface area contributed by atoms with E-state index in [1.165, 1.54) is 6.92 Å². The highest BCUT2D eigenvalue weighted by Gasteiger charge is 2.43. The summed E-state index contributed by atoms with van der Waals surface area (Å²) in [5, 5.41) is 25.5. The Morgan fingerprint density at radius 2 is 1.77 bits per heavy atom. The molecule has 0 saturated carbocycles. The van der Waals surface area contributed by atoms with Crippen molar-refractivity contribution in [2.45, 2.75) is 64.4 Å². The van der Waals surface area contributed by atoms with Gasteiger partial charge in [-0.25, -0.2) is 0 Å². The molecule has 0 unspecified atom stereocenters. The lowest BCUT2D eigenvalue weighted by atomic mass is 9.81. The fourth-order valence-electron chi connectivity index (χ4n) is 3.58. The van der Waals surface area contributed by atoms with Crippen molar-refractivity contribution in [3.05, 3.63) is 12.2 Å². The molecular formula is C21H38N2O7. The summed E-state index contributed by atoms with van der Waals surface area (Å²) in [6.45, 7) is 10.5. The maximum absolute atomic E-state index is 11.6. The van der Waals surface area contributed by atoms with Gasteiger partial charge in [0, 0.05) is 31.6 Å². The molecule has 9 nitrogen and oxygen atoms in total. The van der Waals surface area contributed by atoms with Crippen molar-refractivity contribution >= 4 is 11.8 Å². The van der Waals surface area contributed by atoms with Gasteiger partial charge in [-0.15, -0.1) is 0 Å². The van der Waals surface area contributed by atoms with Crippen LogP contribution in [0.3, 0.4) is 0 Å². The van der Waals surface area contributed by atoms with E-state index in [9.17, 15) is 19.8 Å². The minimum atomic E-state index is -0.818. The number of rotatable bonds is 14. The zero-order valence-electron chi connectivity index (χ0n) is 18.4. The molecule has 9 heteroatoms. The van der Waals surface area contributed by atoms with E-state index in [4.69, 9.17) is 14.2 Å². The number of carbonyl (C=O) groups is 2. The Labute approximate surface area is 179 Å². The van der Waals surface area contributed by atoms with E-state index in [2.05, 4.69) is 17.2 Å². The molecule has 2 amide bonds. The van der Waals surface area contributed by atoms with Crippen molar-refractivity contribution in [2.24, 2.45) is 5.92 Å². The molecule has 0 spiro atoms. The molecule has 1 saturated heterocycles. The van der Waals surface area contributed by atoms with Gasteiger partial charge in [-0.3, -0.25) is 9.59 Å². The second-order valence-corrected chi connectivity index (χ2v) is 7.59. The van der Waals surface area contributed by atoms with Gasteiger partial charge in [0.2, 0.25) is 11.8 Å². The van der Waals surface area contributed by atoms with Crippen molar-refractivity contribution in [1.82, 2.24) is 10.6 Å². The molecule has 0 bridgehead atoms. The molecule has 5 atom stereocenters. The van der Waals surface area contributed by atoms with Gasteiger partial charge in [0.15, 0.2) is 0 Å². The van der Waals surface area contributed by atoms with Crippen molar-refractivity contribution < 1.29 is 34.0 Å². The minimum Gasteiger partial charge on any atom is -0.394 e. The van der Waals surface area contributed by atoms with Crippen LogP contribution in [0, 0.1) is 5.92 Å². The third kappa shape index (κ3) is 9.09. The molecule has 1 aliphatic heterocycles. The van der Waals surface area contributed by atoms with Crippen LogP contribution < -0.4 is 10.6 Å². The summed E-state index contributed by atoms with van der Waals surface area (Å²) in [6, 6.07) is -0.303. The molecule has 0 aromatic carbocycles. The van der Waals surface area contributed by atoms with Gasteiger partial charge in [-0.05, 0) is 26.2 Å². The maximum atomic E-state index is 11.6. The van der Waals surface area contributed by atoms with Crippen molar-refractivity contribution in [1.29, 1.82) is 0 Å². The van der Waals surface area contributed by atoms with Crippen LogP contribution in [0.1, 0.15) is 40.0 Å². The predicted octanol–water partition coefficient (Wildman–Crippen LogP) is 0.144. The highest BCUT2D eigenvalue weighted by molar-refractivity contribution is 5.92. The number of amides is 2. The lowest BCUT2D eigenvalue weighted by Crippen LogP contribution is -2.60. The summed E-state index contributed by atoms with van der Waals surface area (Å²) in [7, 11) is 0. The Morgan fingerprint density at radius 1 is 1.10 bits per heavy atom. The molecule has 0 aliphatic carbocycles. The first-order valence-corrected chi connectivity index (χ1v) is 10.6. The summed E-state index contributed by atoms with van der Waals surface area (Å²) in [6.07, 6.45) is 0.254. The first-order valence-electron chi connectivity index (χ1n) is 10.6. The highest BCUT2D eigenvalue weighted by Crippen LogP contribution is 2.30. The molecule has 4 N–H and O–H groups in total. The average Bonchev–Trinajstić information content (AvgIpc) is 2.70. The van der Waals surface area contributed by atoms with Crippen LogP contribution in [0.4, 0.5) is 0 Å². The largest absolute Gasteiger partial charge is 0.394 e. The lowest BCUT2D eigenvalue weighted by molar-refractivity contribution is -0.177. The molecule has 1 fully saturated rings. The number of aliphatic hydroxyl groups is 2. The molecule has 174 valence electrons. The Bertz CT molecular complexity index is 543. The monoisotopic (exact) mass is 430 g/mol. The number of hydrogen-bond acceptors (Lipinski definition) is 7. The molecule has 1 aliphatic rings. The summed E-state index contributed by atoms with van der Waals surface area (Å²) >= 11 is 0. The van der Waals surface area contributed by atoms with Crippen LogP contribution in [0.25, 0.3) is 0 Å². The number of aliphatic hydroxyl groups excluding tert-OH is 2. The first-order chi connectivity index (χ1) is 14.3. The summed E-state index contributed by atoms with van der Waals surface area (Å²) in [4.78, 5) is 22.9. The van der Waals surface area contributed by atoms with Crippen molar-refractivity contribution in [3.8, 4) is 0 Å². The lowest BCUT2D eigenvalue weighted by Gasteiger charge is -2.45. The zero-order valence-corrected chi connectivity index (χ0v) is 18.4. The van der Waals surface area contributed by atoms with E-state index in [0.717, 1.165) is 0 Å². The fraction of sp³-hybridized carbons (Fsp3) is 0.810. The van der Waals surface area contributed by atoms with Crippen LogP contribution in [0.2, 0.25) is 0 Å². The van der Waals surface area contributed by atoms with E-state index in [1.54, 1.807) is 6.92 Å². The first kappa shape index (κ1) is 26.5. The zero-order chi connectivity index (χ0) is 22.5. The minimum absolute atomic E-state index is 0.172. The van der Waals surface area contributed by atoms with Crippen LogP contribution >= 0.6 is 0 Å². The van der Waals surface area contributed by atoms with Gasteiger partial charge in [0.1, 0.15) is 6.10 Å². The van der Waals surface area contributed by atoms with Gasteiger partial charge in [0.25, 0.3) is 0 Å². The molecule has 1 heterocycles. The van der Waals surface area contributed by atoms with Crippen LogP contribution in [-0.2, 0) is 23.8 Å². The second-order valence-electron chi connectivity index (χ2n) is 7.59. The van der Waals surface area contributed by atoms with Crippen LogP contribution in [0.15, 0.2) is 12.2 Å². The highest BCUT2D eigenvalue weighted by atomic mass is 16.5. The molecule has 1 rings (SSSR count). The molecule has 30 heavy (non-hydrogen) atoms. The van der Waals surface area contributed by atoms with E-state index < -0.39 is 12.2 Å². The van der Waals surface area contributed by atoms with Crippen LogP contribution in [-0.4, -0.2) is 86.0 Å². The van der Waals surface area contributed by atoms with Gasteiger partial charge in [-0.2, -0.15) is 0 Å². The fourth-order valence-corrected chi connectivity index (χ4v) is 3.58. The number of ether oxygens (including phenoxy) is 3. The number of nitrogens with one attached hydrogen (secondary N) is 2. The van der Waals surface area contributed by atoms with E-state index >= 15 is 0 Å². The topological polar surface area (TPSA) is 126 Å². The predicted molar refractivity (Wildman–Crippen MR) is 112 cm³/mol. The summed E-state index contributed by atoms with van der Waals surface area (Å²) < 4.78 is 16.8. The molecule has 0 radical (unpaired) electrons. The normalized spacial score (nSPS) is 26.2. The average molecular weight is 431 g/mol. The van der Waals surface area contributed by atoms with E-state index in [1.807, 2.05) is 6.92 Å². The SMILES string of the molecule is C=C(C)C(=O)NCCOCCOCCC[C@H]1O[C@H](CO)[C@H](O)[C@H](CC)[C@H]1NC(C)=O. The van der Waals surface area contributed by atoms with Crippen molar-refractivity contribution in [2.75, 3.05) is 39.6 Å². The van der Waals surface area contributed by atoms with Gasteiger partial charge >= 0.3 is 0 Å². The Kier molecular flexibility index (Phi) is 12.8. The van der Waals surface area contributed by atoms with Crippen LogP contribution in [0.5, 0.6) is 0 Å². The maximum Gasteiger partial charge on any atom is 0.246 e. The summed E-state index contributed by atoms with van der Waals surface area (Å²) in [5.41, 5.74) is 0.464. The quantitative estimate of drug-likeness (QED) is 0.228. The Morgan fingerprint density at radius 3 is 2.33 bits per heavy atom. The summed E-state index contributed by atoms with van der Waals surface area (Å²) in [5.74, 6) is -0.530. The standard InChI is InChI=1S/C21H38N2O7/c1-5-16-19(23-15(4)25)17(30-18(13-24)20(16)26)7-6-9-28-11-12-29-10-8-22-21(27)14(2)3/h16-20,24,26H,2,5-13H2,1,3-4H3,(H,22,27)(H,23,25)/t16-,17-,18-,19-,20-/m1/s1. The second kappa shape index (κ2) is 14.5. The number of carbonyl (C=O) groups excluding carboxylic acids is 2. The van der Waals surface area contributed by atoms with Gasteiger partial charge in [0.05, 0.1) is 44.7 Å². The molecule has 0 aromatic rings. The third-order valence-electron chi connectivity index (χ3n) is 5.12. The van der Waals surface area contributed by atoms with Gasteiger partial charge in [-0.1, -0.05) is 13.5 Å². The molecular weight excluding hydrogens is 392 g/mol. The molecule has 0 aromatic heterocycles. The smallest absolute Gasteiger partial charge is 0.246 e.